The molecular weight excluding hydrogens is 281 g/mol. The van der Waals surface area contributed by atoms with Crippen molar-refractivity contribution in [1.82, 2.24) is 9.97 Å². The average molecular weight is 301 g/mol. The van der Waals surface area contributed by atoms with E-state index in [4.69, 9.17) is 0 Å². The molecule has 1 aliphatic carbocycles. The van der Waals surface area contributed by atoms with Crippen LogP contribution >= 0.6 is 0 Å². The van der Waals surface area contributed by atoms with Crippen LogP contribution in [0, 0.1) is 25.6 Å². The first-order chi connectivity index (χ1) is 10.5. The molecule has 22 heavy (non-hydrogen) atoms. The molecule has 1 aromatic heterocycles. The molecule has 1 heterocycles. The van der Waals surface area contributed by atoms with E-state index >= 15 is 0 Å². The lowest BCUT2D eigenvalue weighted by molar-refractivity contribution is 0.0339. The maximum atomic E-state index is 13.2. The summed E-state index contributed by atoms with van der Waals surface area (Å²) in [7, 11) is 0. The number of rotatable bonds is 4. The molecule has 0 radical (unpaired) electrons. The number of nitrogens with one attached hydrogen (secondary N) is 1. The number of aromatic nitrogens is 2. The lowest BCUT2D eigenvalue weighted by Crippen LogP contribution is -2.36. The Morgan fingerprint density at radius 3 is 2.55 bits per heavy atom. The van der Waals surface area contributed by atoms with Crippen molar-refractivity contribution in [3.05, 3.63) is 53.2 Å². The summed E-state index contributed by atoms with van der Waals surface area (Å²) in [5.41, 5.74) is 1.98. The van der Waals surface area contributed by atoms with E-state index in [0.29, 0.717) is 11.7 Å². The van der Waals surface area contributed by atoms with Crippen LogP contribution in [0.3, 0.4) is 0 Å². The van der Waals surface area contributed by atoms with Crippen LogP contribution in [0.25, 0.3) is 0 Å². The monoisotopic (exact) mass is 301 g/mol. The molecule has 1 atom stereocenters. The molecule has 2 aromatic rings. The van der Waals surface area contributed by atoms with Crippen LogP contribution in [0.2, 0.25) is 0 Å². The van der Waals surface area contributed by atoms with Gasteiger partial charge in [0, 0.05) is 11.8 Å². The third-order valence-corrected chi connectivity index (χ3v) is 4.23. The largest absolute Gasteiger partial charge is 0.393 e. The molecule has 3 rings (SSSR count). The number of benzene rings is 1. The van der Waals surface area contributed by atoms with Gasteiger partial charge < -0.3 is 10.4 Å². The maximum absolute atomic E-state index is 13.2. The van der Waals surface area contributed by atoms with Crippen molar-refractivity contribution in [2.45, 2.75) is 38.8 Å². The summed E-state index contributed by atoms with van der Waals surface area (Å²) in [6.45, 7) is 3.81. The third-order valence-electron chi connectivity index (χ3n) is 4.23. The van der Waals surface area contributed by atoms with Crippen LogP contribution in [0.1, 0.15) is 35.8 Å². The van der Waals surface area contributed by atoms with Gasteiger partial charge in [0.25, 0.3) is 0 Å². The van der Waals surface area contributed by atoms with Gasteiger partial charge in [0.2, 0.25) is 0 Å². The van der Waals surface area contributed by atoms with E-state index in [2.05, 4.69) is 15.3 Å². The molecule has 0 saturated heterocycles. The van der Waals surface area contributed by atoms with Crippen molar-refractivity contribution in [2.75, 3.05) is 5.32 Å². The van der Waals surface area contributed by atoms with E-state index in [1.54, 1.807) is 18.3 Å². The number of halogens is 1. The minimum Gasteiger partial charge on any atom is -0.393 e. The molecule has 1 saturated carbocycles. The Kier molecular flexibility index (Phi) is 4.07. The maximum Gasteiger partial charge on any atom is 0.133 e. The third kappa shape index (κ3) is 3.09. The standard InChI is InChI=1S/C17H20FN3O/c1-10-9-19-11(2)20-17(10)21-16(13-7-15(22)8-13)12-3-5-14(18)6-4-12/h3-6,9,13,15-16,22H,7-8H2,1-2H3,(H,19,20,21)/t13?,15?,16-/m0/s1. The molecule has 0 unspecified atom stereocenters. The van der Waals surface area contributed by atoms with Crippen molar-refractivity contribution in [3.8, 4) is 0 Å². The molecule has 5 heteroatoms. The smallest absolute Gasteiger partial charge is 0.133 e. The summed E-state index contributed by atoms with van der Waals surface area (Å²) in [5.74, 6) is 1.57. The van der Waals surface area contributed by atoms with Crippen molar-refractivity contribution >= 4 is 5.82 Å². The Morgan fingerprint density at radius 1 is 1.23 bits per heavy atom. The average Bonchev–Trinajstić information content (AvgIpc) is 2.46. The van der Waals surface area contributed by atoms with Crippen LogP contribution in [0.15, 0.2) is 30.5 Å². The minimum atomic E-state index is -0.245. The van der Waals surface area contributed by atoms with Crippen LogP contribution in [0.5, 0.6) is 0 Å². The second-order valence-electron chi connectivity index (χ2n) is 6.01. The topological polar surface area (TPSA) is 58.0 Å². The number of hydrogen-bond donors (Lipinski definition) is 2. The molecular formula is C17H20FN3O. The van der Waals surface area contributed by atoms with Gasteiger partial charge in [-0.15, -0.1) is 0 Å². The first kappa shape index (κ1) is 14.9. The minimum absolute atomic E-state index is 0.0111. The van der Waals surface area contributed by atoms with Gasteiger partial charge in [-0.1, -0.05) is 12.1 Å². The molecule has 0 amide bonds. The Morgan fingerprint density at radius 2 is 1.91 bits per heavy atom. The lowest BCUT2D eigenvalue weighted by Gasteiger charge is -2.38. The SMILES string of the molecule is Cc1ncc(C)c(N[C@@H](c2ccc(F)cc2)C2CC(O)C2)n1. The van der Waals surface area contributed by atoms with E-state index in [-0.39, 0.29) is 18.0 Å². The van der Waals surface area contributed by atoms with Crippen LogP contribution in [-0.4, -0.2) is 21.2 Å². The molecule has 0 bridgehead atoms. The number of hydrogen-bond acceptors (Lipinski definition) is 4. The molecule has 116 valence electrons. The van der Waals surface area contributed by atoms with Gasteiger partial charge in [-0.05, 0) is 50.3 Å². The predicted molar refractivity (Wildman–Crippen MR) is 83.0 cm³/mol. The number of nitrogens with zero attached hydrogens (tertiary/aromatic N) is 2. The van der Waals surface area contributed by atoms with Gasteiger partial charge >= 0.3 is 0 Å². The summed E-state index contributed by atoms with van der Waals surface area (Å²) in [5, 5.41) is 13.1. The van der Waals surface area contributed by atoms with Gasteiger partial charge in [0.05, 0.1) is 12.1 Å². The fourth-order valence-corrected chi connectivity index (χ4v) is 2.87. The highest BCUT2D eigenvalue weighted by molar-refractivity contribution is 5.45. The first-order valence-corrected chi connectivity index (χ1v) is 7.53. The summed E-state index contributed by atoms with van der Waals surface area (Å²) in [6.07, 6.45) is 3.06. The van der Waals surface area contributed by atoms with Crippen LogP contribution in [-0.2, 0) is 0 Å². The highest BCUT2D eigenvalue weighted by atomic mass is 19.1. The molecule has 1 fully saturated rings. The van der Waals surface area contributed by atoms with Crippen LogP contribution < -0.4 is 5.32 Å². The van der Waals surface area contributed by atoms with E-state index < -0.39 is 0 Å². The van der Waals surface area contributed by atoms with Gasteiger partial charge in [0.1, 0.15) is 17.5 Å². The zero-order valence-corrected chi connectivity index (χ0v) is 12.8. The fraction of sp³-hybridized carbons (Fsp3) is 0.412. The van der Waals surface area contributed by atoms with Crippen molar-refractivity contribution in [2.24, 2.45) is 5.92 Å². The number of aryl methyl sites for hydroxylation is 2. The number of anilines is 1. The van der Waals surface area contributed by atoms with Crippen LogP contribution in [0.4, 0.5) is 10.2 Å². The summed E-state index contributed by atoms with van der Waals surface area (Å²) in [4.78, 5) is 8.64. The Hall–Kier alpha value is -2.01. The Balaban J connectivity index is 1.88. The summed E-state index contributed by atoms with van der Waals surface area (Å²) >= 11 is 0. The fourth-order valence-electron chi connectivity index (χ4n) is 2.87. The van der Waals surface area contributed by atoms with Gasteiger partial charge in [-0.2, -0.15) is 0 Å². The van der Waals surface area contributed by atoms with Crippen molar-refractivity contribution < 1.29 is 9.50 Å². The molecule has 1 aromatic carbocycles. The Bertz CT molecular complexity index is 653. The molecule has 0 spiro atoms. The molecule has 4 nitrogen and oxygen atoms in total. The second kappa shape index (κ2) is 6.01. The Labute approximate surface area is 129 Å². The van der Waals surface area contributed by atoms with Crippen molar-refractivity contribution in [1.29, 1.82) is 0 Å². The molecule has 0 aliphatic heterocycles. The first-order valence-electron chi connectivity index (χ1n) is 7.53. The zero-order valence-electron chi connectivity index (χ0n) is 12.8. The molecule has 2 N–H and O–H groups in total. The number of aliphatic hydroxyl groups is 1. The quantitative estimate of drug-likeness (QED) is 0.911. The van der Waals surface area contributed by atoms with Gasteiger partial charge in [0.15, 0.2) is 0 Å². The van der Waals surface area contributed by atoms with E-state index in [9.17, 15) is 9.50 Å². The lowest BCUT2D eigenvalue weighted by atomic mass is 9.75. The predicted octanol–water partition coefficient (Wildman–Crippen LogP) is 3.16. The second-order valence-corrected chi connectivity index (χ2v) is 6.01. The van der Waals surface area contributed by atoms with E-state index in [1.165, 1.54) is 12.1 Å². The van der Waals surface area contributed by atoms with E-state index in [0.717, 1.165) is 29.8 Å². The van der Waals surface area contributed by atoms with E-state index in [1.807, 2.05) is 13.8 Å². The summed E-state index contributed by atoms with van der Waals surface area (Å²) < 4.78 is 13.2. The normalized spacial score (nSPS) is 22.0. The summed E-state index contributed by atoms with van der Waals surface area (Å²) in [6, 6.07) is 6.54. The molecule has 1 aliphatic rings. The number of aliphatic hydroxyl groups excluding tert-OH is 1. The van der Waals surface area contributed by atoms with Gasteiger partial charge in [-0.3, -0.25) is 0 Å². The highest BCUT2D eigenvalue weighted by Crippen LogP contribution is 2.40. The van der Waals surface area contributed by atoms with Gasteiger partial charge in [-0.25, -0.2) is 14.4 Å². The highest BCUT2D eigenvalue weighted by Gasteiger charge is 2.35. The van der Waals surface area contributed by atoms with Crippen molar-refractivity contribution in [3.63, 3.8) is 0 Å². The zero-order chi connectivity index (χ0) is 15.7.